The molecule has 0 bridgehead atoms. The van der Waals surface area contributed by atoms with Crippen LogP contribution >= 0.6 is 15.9 Å². The van der Waals surface area contributed by atoms with Gasteiger partial charge in [-0.05, 0) is 30.2 Å². The third-order valence-corrected chi connectivity index (χ3v) is 5.38. The van der Waals surface area contributed by atoms with Crippen molar-refractivity contribution in [3.8, 4) is 0 Å². The second-order valence-electron chi connectivity index (χ2n) is 4.77. The molecule has 2 aromatic rings. The number of rotatable bonds is 4. The van der Waals surface area contributed by atoms with Gasteiger partial charge in [0, 0.05) is 15.7 Å². The Labute approximate surface area is 127 Å². The summed E-state index contributed by atoms with van der Waals surface area (Å²) in [6.45, 7) is 1.91. The second kappa shape index (κ2) is 5.97. The van der Waals surface area contributed by atoms with Crippen molar-refractivity contribution in [2.45, 2.75) is 18.4 Å². The number of halogens is 1. The Bertz CT molecular complexity index is 706. The van der Waals surface area contributed by atoms with Crippen LogP contribution in [0.5, 0.6) is 0 Å². The second-order valence-corrected chi connectivity index (χ2v) is 7.69. The van der Waals surface area contributed by atoms with Gasteiger partial charge in [0.05, 0.1) is 11.5 Å². The molecule has 0 aromatic heterocycles. The van der Waals surface area contributed by atoms with Gasteiger partial charge in [-0.3, -0.25) is 0 Å². The highest BCUT2D eigenvalue weighted by atomic mass is 79.9. The molecule has 0 amide bonds. The van der Waals surface area contributed by atoms with Crippen molar-refractivity contribution in [2.75, 3.05) is 5.73 Å². The largest absolute Gasteiger partial charge is 0.398 e. The Morgan fingerprint density at radius 2 is 1.75 bits per heavy atom. The molecule has 0 heterocycles. The summed E-state index contributed by atoms with van der Waals surface area (Å²) in [4.78, 5) is 0. The number of nitrogen functional groups attached to an aromatic ring is 1. The summed E-state index contributed by atoms with van der Waals surface area (Å²) in [5.41, 5.74) is 8.79. The van der Waals surface area contributed by atoms with Gasteiger partial charge in [-0.25, -0.2) is 8.42 Å². The summed E-state index contributed by atoms with van der Waals surface area (Å²) in [5, 5.41) is 0. The van der Waals surface area contributed by atoms with E-state index in [0.717, 1.165) is 15.6 Å². The molecular formula is C15H16BrNO2S. The Hall–Kier alpha value is -1.33. The fraction of sp³-hybridized carbons (Fsp3) is 0.200. The maximum Gasteiger partial charge on any atom is 0.158 e. The van der Waals surface area contributed by atoms with Gasteiger partial charge in [-0.1, -0.05) is 46.3 Å². The summed E-state index contributed by atoms with van der Waals surface area (Å²) in [6.07, 6.45) is 0. The zero-order chi connectivity index (χ0) is 14.8. The third-order valence-electron chi connectivity index (χ3n) is 3.16. The molecule has 106 valence electrons. The molecule has 0 radical (unpaired) electrons. The molecule has 0 unspecified atom stereocenters. The van der Waals surface area contributed by atoms with Crippen molar-refractivity contribution in [3.05, 3.63) is 63.6 Å². The number of hydrogen-bond acceptors (Lipinski definition) is 3. The quantitative estimate of drug-likeness (QED) is 0.856. The first-order valence-electron chi connectivity index (χ1n) is 6.17. The van der Waals surface area contributed by atoms with E-state index in [4.69, 9.17) is 5.73 Å². The average Bonchev–Trinajstić information content (AvgIpc) is 2.37. The standard InChI is InChI=1S/C15H16BrNO2S/c1-11-5-2-3-6-12(11)9-20(18,19)10-13-14(16)7-4-8-15(13)17/h2-8H,9-10,17H2,1H3. The molecule has 0 atom stereocenters. The van der Waals surface area contributed by atoms with Gasteiger partial charge in [0.25, 0.3) is 0 Å². The van der Waals surface area contributed by atoms with E-state index in [-0.39, 0.29) is 11.5 Å². The molecule has 0 saturated carbocycles. The number of benzene rings is 2. The molecule has 2 aromatic carbocycles. The summed E-state index contributed by atoms with van der Waals surface area (Å²) >= 11 is 3.36. The Balaban J connectivity index is 2.27. The van der Waals surface area contributed by atoms with Gasteiger partial charge in [0.2, 0.25) is 0 Å². The number of aryl methyl sites for hydroxylation is 1. The van der Waals surface area contributed by atoms with Crippen LogP contribution in [0.4, 0.5) is 5.69 Å². The molecule has 2 rings (SSSR count). The van der Waals surface area contributed by atoms with E-state index in [1.165, 1.54) is 0 Å². The molecule has 5 heteroatoms. The molecular weight excluding hydrogens is 338 g/mol. The Morgan fingerprint density at radius 3 is 2.40 bits per heavy atom. The maximum absolute atomic E-state index is 12.3. The van der Waals surface area contributed by atoms with Gasteiger partial charge >= 0.3 is 0 Å². The van der Waals surface area contributed by atoms with E-state index in [9.17, 15) is 8.42 Å². The fourth-order valence-corrected chi connectivity index (χ4v) is 4.38. The number of anilines is 1. The predicted octanol–water partition coefficient (Wildman–Crippen LogP) is 3.45. The van der Waals surface area contributed by atoms with Gasteiger partial charge in [-0.2, -0.15) is 0 Å². The maximum atomic E-state index is 12.3. The van der Waals surface area contributed by atoms with Crippen molar-refractivity contribution in [1.29, 1.82) is 0 Å². The smallest absolute Gasteiger partial charge is 0.158 e. The topological polar surface area (TPSA) is 60.2 Å². The Kier molecular flexibility index (Phi) is 4.50. The molecule has 3 nitrogen and oxygen atoms in total. The summed E-state index contributed by atoms with van der Waals surface area (Å²) in [7, 11) is -3.27. The first kappa shape index (κ1) is 15.1. The van der Waals surface area contributed by atoms with E-state index in [1.807, 2.05) is 31.2 Å². The molecule has 0 aliphatic heterocycles. The van der Waals surface area contributed by atoms with Crippen LogP contribution in [0.15, 0.2) is 46.9 Å². The van der Waals surface area contributed by atoms with Crippen molar-refractivity contribution in [2.24, 2.45) is 0 Å². The summed E-state index contributed by atoms with van der Waals surface area (Å²) in [6, 6.07) is 12.8. The van der Waals surface area contributed by atoms with E-state index in [0.29, 0.717) is 11.3 Å². The van der Waals surface area contributed by atoms with Crippen molar-refractivity contribution >= 4 is 31.5 Å². The van der Waals surface area contributed by atoms with Gasteiger partial charge in [0.15, 0.2) is 9.84 Å². The highest BCUT2D eigenvalue weighted by Gasteiger charge is 2.17. The van der Waals surface area contributed by atoms with Crippen LogP contribution in [0, 0.1) is 6.92 Å². The first-order chi connectivity index (χ1) is 9.39. The van der Waals surface area contributed by atoms with Crippen LogP contribution in [0.1, 0.15) is 16.7 Å². The van der Waals surface area contributed by atoms with E-state index in [2.05, 4.69) is 15.9 Å². The van der Waals surface area contributed by atoms with E-state index in [1.54, 1.807) is 18.2 Å². The SMILES string of the molecule is Cc1ccccc1CS(=O)(=O)Cc1c(N)cccc1Br. The van der Waals surface area contributed by atoms with Crippen LogP contribution < -0.4 is 5.73 Å². The summed E-state index contributed by atoms with van der Waals surface area (Å²) < 4.78 is 25.4. The van der Waals surface area contributed by atoms with Crippen LogP contribution in [-0.2, 0) is 21.3 Å². The molecule has 0 aliphatic carbocycles. The van der Waals surface area contributed by atoms with Crippen LogP contribution in [-0.4, -0.2) is 8.42 Å². The molecule has 20 heavy (non-hydrogen) atoms. The highest BCUT2D eigenvalue weighted by Crippen LogP contribution is 2.26. The van der Waals surface area contributed by atoms with Crippen LogP contribution in [0.25, 0.3) is 0 Å². The zero-order valence-corrected chi connectivity index (χ0v) is 13.5. The minimum Gasteiger partial charge on any atom is -0.398 e. The van der Waals surface area contributed by atoms with Crippen LogP contribution in [0.2, 0.25) is 0 Å². The number of hydrogen-bond donors (Lipinski definition) is 1. The predicted molar refractivity (Wildman–Crippen MR) is 86.1 cm³/mol. The lowest BCUT2D eigenvalue weighted by Gasteiger charge is -2.10. The van der Waals surface area contributed by atoms with Gasteiger partial charge < -0.3 is 5.73 Å². The molecule has 0 saturated heterocycles. The molecule has 0 spiro atoms. The van der Waals surface area contributed by atoms with Crippen molar-refractivity contribution < 1.29 is 8.42 Å². The first-order valence-corrected chi connectivity index (χ1v) is 8.78. The average molecular weight is 354 g/mol. The lowest BCUT2D eigenvalue weighted by Crippen LogP contribution is -2.10. The number of nitrogens with two attached hydrogens (primary N) is 1. The third kappa shape index (κ3) is 3.61. The normalized spacial score (nSPS) is 11.5. The number of sulfone groups is 1. The highest BCUT2D eigenvalue weighted by molar-refractivity contribution is 9.10. The molecule has 0 fully saturated rings. The molecule has 0 aliphatic rings. The molecule has 2 N–H and O–H groups in total. The van der Waals surface area contributed by atoms with E-state index >= 15 is 0 Å². The van der Waals surface area contributed by atoms with Crippen molar-refractivity contribution in [1.82, 2.24) is 0 Å². The Morgan fingerprint density at radius 1 is 1.05 bits per heavy atom. The lowest BCUT2D eigenvalue weighted by molar-refractivity contribution is 0.594. The monoisotopic (exact) mass is 353 g/mol. The summed E-state index contributed by atoms with van der Waals surface area (Å²) in [5.74, 6) is -0.0327. The zero-order valence-electron chi connectivity index (χ0n) is 11.1. The minimum atomic E-state index is -3.27. The van der Waals surface area contributed by atoms with Crippen molar-refractivity contribution in [3.63, 3.8) is 0 Å². The lowest BCUT2D eigenvalue weighted by atomic mass is 10.1. The minimum absolute atomic E-state index is 0.0282. The van der Waals surface area contributed by atoms with Gasteiger partial charge in [0.1, 0.15) is 0 Å². The van der Waals surface area contributed by atoms with Gasteiger partial charge in [-0.15, -0.1) is 0 Å². The fourth-order valence-electron chi connectivity index (χ4n) is 2.01. The van der Waals surface area contributed by atoms with E-state index < -0.39 is 9.84 Å². The van der Waals surface area contributed by atoms with Crippen LogP contribution in [0.3, 0.4) is 0 Å².